The summed E-state index contributed by atoms with van der Waals surface area (Å²) in [5.41, 5.74) is 4.20. The molecule has 7 nitrogen and oxygen atoms in total. The maximum atomic E-state index is 12.9. The first kappa shape index (κ1) is 17.6. The Morgan fingerprint density at radius 3 is 2.35 bits per heavy atom. The van der Waals surface area contributed by atoms with Gasteiger partial charge in [-0.2, -0.15) is 0 Å². The van der Waals surface area contributed by atoms with Crippen LogP contribution in [0.1, 0.15) is 26.7 Å². The number of hydrogen-bond acceptors (Lipinski definition) is 7. The van der Waals surface area contributed by atoms with Crippen LogP contribution in [0.25, 0.3) is 0 Å². The van der Waals surface area contributed by atoms with Crippen molar-refractivity contribution in [1.29, 1.82) is 0 Å². The minimum absolute atomic E-state index is 0.00851. The van der Waals surface area contributed by atoms with Crippen LogP contribution in [0.3, 0.4) is 0 Å². The smallest absolute Gasteiger partial charge is 0.350 e. The van der Waals surface area contributed by atoms with Gasteiger partial charge in [-0.1, -0.05) is 18.2 Å². The van der Waals surface area contributed by atoms with Crippen LogP contribution in [0.5, 0.6) is 0 Å². The number of ether oxygens (including phenoxy) is 1. The Hall–Kier alpha value is -1.77. The molecule has 1 saturated heterocycles. The van der Waals surface area contributed by atoms with Gasteiger partial charge in [0.2, 0.25) is 14.7 Å². The molecule has 126 valence electrons. The van der Waals surface area contributed by atoms with E-state index < -0.39 is 32.2 Å². The Balaban J connectivity index is 2.41. The van der Waals surface area contributed by atoms with Gasteiger partial charge in [0.05, 0.1) is 4.90 Å². The molecule has 2 rings (SSSR count). The van der Waals surface area contributed by atoms with Gasteiger partial charge in [0.1, 0.15) is 5.54 Å². The first-order chi connectivity index (χ1) is 10.6. The van der Waals surface area contributed by atoms with E-state index in [1.807, 2.05) is 0 Å². The second-order valence-electron chi connectivity index (χ2n) is 6.07. The standard InChI is InChI=1S/C15H20N2O5S/c1-14(2,16)12(18)22-13(19)15(9-6-10-17-15)23(20,21)11-7-4-3-5-8-11/h3-5,7-8,17H,6,9-10,16H2,1-2H3/t15-/m1/s1. The Bertz CT molecular complexity index is 701. The lowest BCUT2D eigenvalue weighted by molar-refractivity contribution is -0.165. The highest BCUT2D eigenvalue weighted by Crippen LogP contribution is 2.33. The molecule has 0 aromatic heterocycles. The zero-order valence-corrected chi connectivity index (χ0v) is 13.9. The van der Waals surface area contributed by atoms with Gasteiger partial charge in [0, 0.05) is 0 Å². The van der Waals surface area contributed by atoms with Gasteiger partial charge in [-0.3, -0.25) is 5.32 Å². The summed E-state index contributed by atoms with van der Waals surface area (Å²) in [6, 6.07) is 7.61. The summed E-state index contributed by atoms with van der Waals surface area (Å²) in [6.07, 6.45) is 0.503. The van der Waals surface area contributed by atoms with Crippen LogP contribution < -0.4 is 11.1 Å². The van der Waals surface area contributed by atoms with E-state index in [0.717, 1.165) is 0 Å². The zero-order valence-electron chi connectivity index (χ0n) is 13.0. The van der Waals surface area contributed by atoms with Gasteiger partial charge < -0.3 is 10.5 Å². The van der Waals surface area contributed by atoms with Gasteiger partial charge in [-0.25, -0.2) is 18.0 Å². The minimum Gasteiger partial charge on any atom is -0.390 e. The molecule has 0 radical (unpaired) electrons. The fraction of sp³-hybridized carbons (Fsp3) is 0.467. The third-order valence-corrected chi connectivity index (χ3v) is 6.00. The van der Waals surface area contributed by atoms with Crippen LogP contribution in [-0.2, 0) is 24.2 Å². The molecule has 1 fully saturated rings. The number of hydrogen-bond donors (Lipinski definition) is 2. The second-order valence-corrected chi connectivity index (χ2v) is 8.25. The van der Waals surface area contributed by atoms with Crippen molar-refractivity contribution in [3.05, 3.63) is 30.3 Å². The molecule has 0 unspecified atom stereocenters. The van der Waals surface area contributed by atoms with Crippen molar-refractivity contribution in [2.45, 2.75) is 42.0 Å². The molecule has 1 atom stereocenters. The first-order valence-electron chi connectivity index (χ1n) is 7.21. The highest BCUT2D eigenvalue weighted by molar-refractivity contribution is 7.93. The molecule has 23 heavy (non-hydrogen) atoms. The third-order valence-electron chi connectivity index (χ3n) is 3.67. The SMILES string of the molecule is CC(C)(N)C(=O)OC(=O)[C@]1(S(=O)(=O)c2ccccc2)CCCN1. The monoisotopic (exact) mass is 340 g/mol. The molecule has 1 aromatic rings. The lowest BCUT2D eigenvalue weighted by Gasteiger charge is -2.27. The Morgan fingerprint density at radius 2 is 1.87 bits per heavy atom. The highest BCUT2D eigenvalue weighted by atomic mass is 32.2. The third kappa shape index (κ3) is 3.15. The van der Waals surface area contributed by atoms with Crippen LogP contribution in [-0.4, -0.2) is 37.3 Å². The molecule has 0 amide bonds. The van der Waals surface area contributed by atoms with Crippen molar-refractivity contribution in [3.8, 4) is 0 Å². The van der Waals surface area contributed by atoms with Crippen molar-refractivity contribution in [2.75, 3.05) is 6.54 Å². The predicted octanol–water partition coefficient (Wildman–Crippen LogP) is 0.347. The van der Waals surface area contributed by atoms with Crippen LogP contribution in [0, 0.1) is 0 Å². The summed E-state index contributed by atoms with van der Waals surface area (Å²) >= 11 is 0. The first-order valence-corrected chi connectivity index (χ1v) is 8.70. The molecule has 0 bridgehead atoms. The molecule has 1 heterocycles. The number of benzene rings is 1. The van der Waals surface area contributed by atoms with Crippen molar-refractivity contribution < 1.29 is 22.7 Å². The van der Waals surface area contributed by atoms with E-state index in [2.05, 4.69) is 5.32 Å². The molecule has 0 spiro atoms. The summed E-state index contributed by atoms with van der Waals surface area (Å²) in [5, 5.41) is 2.71. The molecular weight excluding hydrogens is 320 g/mol. The number of esters is 2. The van der Waals surface area contributed by atoms with Gasteiger partial charge in [-0.05, 0) is 45.4 Å². The van der Waals surface area contributed by atoms with Gasteiger partial charge in [-0.15, -0.1) is 0 Å². The molecule has 1 aliphatic heterocycles. The minimum atomic E-state index is -4.07. The summed E-state index contributed by atoms with van der Waals surface area (Å²) in [5.74, 6) is -2.11. The van der Waals surface area contributed by atoms with Crippen molar-refractivity contribution >= 4 is 21.8 Å². The summed E-state index contributed by atoms with van der Waals surface area (Å²) in [7, 11) is -4.07. The topological polar surface area (TPSA) is 116 Å². The van der Waals surface area contributed by atoms with Crippen molar-refractivity contribution in [3.63, 3.8) is 0 Å². The molecule has 3 N–H and O–H groups in total. The van der Waals surface area contributed by atoms with Gasteiger partial charge >= 0.3 is 11.9 Å². The fourth-order valence-electron chi connectivity index (χ4n) is 2.33. The summed E-state index contributed by atoms with van der Waals surface area (Å²) in [6.45, 7) is 3.09. The average molecular weight is 340 g/mol. The van der Waals surface area contributed by atoms with Gasteiger partial charge in [0.25, 0.3) is 0 Å². The van der Waals surface area contributed by atoms with Crippen LogP contribution in [0.2, 0.25) is 0 Å². The number of sulfone groups is 1. The normalized spacial score (nSPS) is 21.9. The van der Waals surface area contributed by atoms with Crippen LogP contribution in [0.15, 0.2) is 35.2 Å². The van der Waals surface area contributed by atoms with E-state index in [1.54, 1.807) is 18.2 Å². The molecular formula is C15H20N2O5S. The lowest BCUT2D eigenvalue weighted by Crippen LogP contribution is -2.57. The average Bonchev–Trinajstić information content (AvgIpc) is 2.98. The molecule has 0 aliphatic carbocycles. The lowest BCUT2D eigenvalue weighted by atomic mass is 10.1. The molecule has 8 heteroatoms. The van der Waals surface area contributed by atoms with Crippen molar-refractivity contribution in [2.24, 2.45) is 5.73 Å². The Morgan fingerprint density at radius 1 is 1.26 bits per heavy atom. The van der Waals surface area contributed by atoms with Crippen LogP contribution >= 0.6 is 0 Å². The number of rotatable bonds is 4. The largest absolute Gasteiger partial charge is 0.390 e. The van der Waals surface area contributed by atoms with Crippen LogP contribution in [0.4, 0.5) is 0 Å². The maximum absolute atomic E-state index is 12.9. The zero-order chi connectivity index (χ0) is 17.3. The van der Waals surface area contributed by atoms with E-state index in [0.29, 0.717) is 13.0 Å². The number of nitrogens with one attached hydrogen (secondary N) is 1. The van der Waals surface area contributed by atoms with E-state index in [-0.39, 0.29) is 11.3 Å². The number of carbonyl (C=O) groups excluding carboxylic acids is 2. The maximum Gasteiger partial charge on any atom is 0.350 e. The highest BCUT2D eigenvalue weighted by Gasteiger charge is 2.55. The quantitative estimate of drug-likeness (QED) is 0.600. The Kier molecular flexibility index (Phi) is 4.61. The number of nitrogens with two attached hydrogens (primary N) is 1. The molecule has 1 aromatic carbocycles. The van der Waals surface area contributed by atoms with E-state index in [4.69, 9.17) is 10.5 Å². The van der Waals surface area contributed by atoms with E-state index >= 15 is 0 Å². The molecule has 0 saturated carbocycles. The molecule has 1 aliphatic rings. The number of carbonyl (C=O) groups is 2. The summed E-state index contributed by atoms with van der Waals surface area (Å²) < 4.78 is 30.6. The Labute approximate surface area is 135 Å². The summed E-state index contributed by atoms with van der Waals surface area (Å²) in [4.78, 5) is 22.4. The predicted molar refractivity (Wildman–Crippen MR) is 83.0 cm³/mol. The fourth-order valence-corrected chi connectivity index (χ4v) is 4.21. The van der Waals surface area contributed by atoms with Gasteiger partial charge in [0.15, 0.2) is 0 Å². The van der Waals surface area contributed by atoms with E-state index in [1.165, 1.54) is 26.0 Å². The second kappa shape index (κ2) is 6.03. The van der Waals surface area contributed by atoms with E-state index in [9.17, 15) is 18.0 Å². The van der Waals surface area contributed by atoms with Crippen molar-refractivity contribution in [1.82, 2.24) is 5.32 Å².